The number of hydrogen-bond donors (Lipinski definition) is 0. The number of benzene rings is 1. The molecule has 0 N–H and O–H groups in total. The lowest BCUT2D eigenvalue weighted by molar-refractivity contribution is -0.127. The van der Waals surface area contributed by atoms with E-state index in [4.69, 9.17) is 4.42 Å². The van der Waals surface area contributed by atoms with Gasteiger partial charge >= 0.3 is 0 Å². The van der Waals surface area contributed by atoms with Crippen molar-refractivity contribution in [2.75, 3.05) is 27.2 Å². The minimum Gasteiger partial charge on any atom is -0.431 e. The molecule has 1 atom stereocenters. The van der Waals surface area contributed by atoms with Crippen LogP contribution in [-0.2, 0) is 14.8 Å². The number of rotatable bonds is 7. The van der Waals surface area contributed by atoms with Gasteiger partial charge in [-0.15, -0.1) is 0 Å². The van der Waals surface area contributed by atoms with Gasteiger partial charge in [-0.25, -0.2) is 13.4 Å². The highest BCUT2D eigenvalue weighted by atomic mass is 32.2. The Kier molecular flexibility index (Phi) is 6.12. The van der Waals surface area contributed by atoms with Gasteiger partial charge in [0.15, 0.2) is 5.58 Å². The van der Waals surface area contributed by atoms with Crippen molar-refractivity contribution in [3.63, 3.8) is 0 Å². The molecule has 0 aliphatic rings. The number of fused-ring (bicyclic) bond motifs is 1. The third-order valence-electron chi connectivity index (χ3n) is 3.75. The van der Waals surface area contributed by atoms with E-state index in [-0.39, 0.29) is 16.1 Å². The van der Waals surface area contributed by atoms with E-state index in [2.05, 4.69) is 4.98 Å². The smallest absolute Gasteiger partial charge is 0.257 e. The molecule has 9 heteroatoms. The third-order valence-corrected chi connectivity index (χ3v) is 6.73. The first kappa shape index (κ1) is 19.7. The molecule has 0 aliphatic carbocycles. The summed E-state index contributed by atoms with van der Waals surface area (Å²) in [5.74, 6) is -0.0444. The van der Waals surface area contributed by atoms with Crippen LogP contribution in [0.1, 0.15) is 20.8 Å². The standard InChI is InChI=1S/C16H23N3O4S2/c1-6-19(7-2)25(21,22)12-8-9-14-13(10-12)17-16(23-14)24-11(3)15(20)18(4)5/h8-11H,6-7H2,1-5H3/t11-/m1/s1. The van der Waals surface area contributed by atoms with Gasteiger partial charge in [0.1, 0.15) is 5.52 Å². The van der Waals surface area contributed by atoms with Gasteiger partial charge in [-0.3, -0.25) is 4.79 Å². The Morgan fingerprint density at radius 3 is 2.48 bits per heavy atom. The van der Waals surface area contributed by atoms with E-state index in [1.807, 2.05) is 0 Å². The lowest BCUT2D eigenvalue weighted by Crippen LogP contribution is -2.30. The van der Waals surface area contributed by atoms with Gasteiger partial charge in [-0.05, 0) is 25.1 Å². The number of hydrogen-bond acceptors (Lipinski definition) is 6. The third kappa shape index (κ3) is 4.16. The summed E-state index contributed by atoms with van der Waals surface area (Å²) in [5.41, 5.74) is 0.950. The predicted octanol–water partition coefficient (Wildman–Crippen LogP) is 2.43. The second-order valence-electron chi connectivity index (χ2n) is 5.69. The van der Waals surface area contributed by atoms with Crippen molar-refractivity contribution < 1.29 is 17.6 Å². The van der Waals surface area contributed by atoms with E-state index in [9.17, 15) is 13.2 Å². The zero-order valence-electron chi connectivity index (χ0n) is 15.0. The largest absolute Gasteiger partial charge is 0.431 e. The van der Waals surface area contributed by atoms with Crippen LogP contribution in [0, 0.1) is 0 Å². The normalized spacial score (nSPS) is 13.4. The number of carbonyl (C=O) groups is 1. The minimum absolute atomic E-state index is 0.0444. The van der Waals surface area contributed by atoms with Gasteiger partial charge in [0.25, 0.3) is 5.22 Å². The molecule has 1 aromatic heterocycles. The van der Waals surface area contributed by atoms with E-state index in [0.717, 1.165) is 0 Å². The van der Waals surface area contributed by atoms with Crippen molar-refractivity contribution in [3.05, 3.63) is 18.2 Å². The highest BCUT2D eigenvalue weighted by Crippen LogP contribution is 2.29. The molecule has 0 aliphatic heterocycles. The van der Waals surface area contributed by atoms with E-state index in [0.29, 0.717) is 29.4 Å². The van der Waals surface area contributed by atoms with Crippen LogP contribution in [0.25, 0.3) is 11.1 Å². The number of sulfonamides is 1. The lowest BCUT2D eigenvalue weighted by atomic mass is 10.3. The van der Waals surface area contributed by atoms with Crippen molar-refractivity contribution in [1.29, 1.82) is 0 Å². The molecule has 0 saturated carbocycles. The molecule has 0 spiro atoms. The number of nitrogens with zero attached hydrogens (tertiary/aromatic N) is 3. The van der Waals surface area contributed by atoms with Gasteiger partial charge in [0.05, 0.1) is 10.1 Å². The van der Waals surface area contributed by atoms with Crippen molar-refractivity contribution in [1.82, 2.24) is 14.2 Å². The quantitative estimate of drug-likeness (QED) is 0.681. The first-order valence-corrected chi connectivity index (χ1v) is 10.3. The van der Waals surface area contributed by atoms with Gasteiger partial charge in [0, 0.05) is 27.2 Å². The lowest BCUT2D eigenvalue weighted by Gasteiger charge is -2.18. The zero-order chi connectivity index (χ0) is 18.8. The Balaban J connectivity index is 2.32. The summed E-state index contributed by atoms with van der Waals surface area (Å²) in [4.78, 5) is 18.0. The zero-order valence-corrected chi connectivity index (χ0v) is 16.6. The molecule has 1 heterocycles. The number of thioether (sulfide) groups is 1. The summed E-state index contributed by atoms with van der Waals surface area (Å²) in [6.45, 7) is 6.18. The molecular weight excluding hydrogens is 362 g/mol. The van der Waals surface area contributed by atoms with Crippen molar-refractivity contribution in [2.24, 2.45) is 0 Å². The number of carbonyl (C=O) groups excluding carboxylic acids is 1. The summed E-state index contributed by atoms with van der Waals surface area (Å²) in [6.07, 6.45) is 0. The molecule has 0 radical (unpaired) electrons. The van der Waals surface area contributed by atoms with Crippen LogP contribution in [0.3, 0.4) is 0 Å². The molecule has 0 saturated heterocycles. The van der Waals surface area contributed by atoms with Gasteiger partial charge in [0.2, 0.25) is 15.9 Å². The van der Waals surface area contributed by atoms with E-state index in [1.165, 1.54) is 33.1 Å². The number of amides is 1. The van der Waals surface area contributed by atoms with Gasteiger partial charge in [-0.2, -0.15) is 4.31 Å². The second kappa shape index (κ2) is 7.76. The average Bonchev–Trinajstić information content (AvgIpc) is 2.95. The van der Waals surface area contributed by atoms with Crippen molar-refractivity contribution in [3.8, 4) is 0 Å². The summed E-state index contributed by atoms with van der Waals surface area (Å²) < 4.78 is 32.2. The van der Waals surface area contributed by atoms with Crippen molar-refractivity contribution >= 4 is 38.8 Å². The van der Waals surface area contributed by atoms with Crippen LogP contribution in [0.2, 0.25) is 0 Å². The van der Waals surface area contributed by atoms with Crippen LogP contribution >= 0.6 is 11.8 Å². The van der Waals surface area contributed by atoms with Crippen LogP contribution in [0.15, 0.2) is 32.7 Å². The van der Waals surface area contributed by atoms with E-state index >= 15 is 0 Å². The average molecular weight is 386 g/mol. The molecule has 2 rings (SSSR count). The van der Waals surface area contributed by atoms with Crippen LogP contribution in [0.5, 0.6) is 0 Å². The maximum Gasteiger partial charge on any atom is 0.257 e. The Labute approximate surface area is 152 Å². The Morgan fingerprint density at radius 1 is 1.28 bits per heavy atom. The first-order chi connectivity index (χ1) is 11.7. The van der Waals surface area contributed by atoms with Crippen LogP contribution in [0.4, 0.5) is 0 Å². The second-order valence-corrected chi connectivity index (χ2v) is 8.92. The Hall–Kier alpha value is -1.58. The summed E-state index contributed by atoms with van der Waals surface area (Å²) in [7, 11) is -0.166. The SMILES string of the molecule is CCN(CC)S(=O)(=O)c1ccc2oc(S[C@H](C)C(=O)N(C)C)nc2c1. The summed E-state index contributed by atoms with van der Waals surface area (Å²) in [6, 6.07) is 4.63. The van der Waals surface area contributed by atoms with Crippen LogP contribution in [-0.4, -0.2) is 60.9 Å². The summed E-state index contributed by atoms with van der Waals surface area (Å²) >= 11 is 1.21. The minimum atomic E-state index is -3.55. The molecule has 1 aromatic carbocycles. The van der Waals surface area contributed by atoms with Crippen molar-refractivity contribution in [2.45, 2.75) is 36.1 Å². The molecule has 0 fully saturated rings. The fourth-order valence-corrected chi connectivity index (χ4v) is 4.76. The molecule has 25 heavy (non-hydrogen) atoms. The summed E-state index contributed by atoms with van der Waals surface area (Å²) in [5, 5.41) is -0.00275. The maximum absolute atomic E-state index is 12.6. The van der Waals surface area contributed by atoms with Gasteiger partial charge < -0.3 is 9.32 Å². The molecule has 0 bridgehead atoms. The maximum atomic E-state index is 12.6. The number of oxazole rings is 1. The Morgan fingerprint density at radius 2 is 1.92 bits per heavy atom. The molecule has 7 nitrogen and oxygen atoms in total. The Bertz CT molecular complexity index is 857. The molecule has 1 amide bonds. The van der Waals surface area contributed by atoms with E-state index in [1.54, 1.807) is 40.9 Å². The molecule has 0 unspecified atom stereocenters. The fourth-order valence-electron chi connectivity index (χ4n) is 2.37. The predicted molar refractivity (Wildman–Crippen MR) is 98.1 cm³/mol. The molecular formula is C16H23N3O4S2. The molecule has 138 valence electrons. The fraction of sp³-hybridized carbons (Fsp3) is 0.500. The highest BCUT2D eigenvalue weighted by molar-refractivity contribution is 8.00. The first-order valence-electron chi connectivity index (χ1n) is 7.99. The van der Waals surface area contributed by atoms with Crippen LogP contribution < -0.4 is 0 Å². The number of aromatic nitrogens is 1. The van der Waals surface area contributed by atoms with Gasteiger partial charge in [-0.1, -0.05) is 25.6 Å². The monoisotopic (exact) mass is 385 g/mol. The topological polar surface area (TPSA) is 83.7 Å². The highest BCUT2D eigenvalue weighted by Gasteiger charge is 2.23. The molecule has 2 aromatic rings. The van der Waals surface area contributed by atoms with E-state index < -0.39 is 10.0 Å².